The summed E-state index contributed by atoms with van der Waals surface area (Å²) >= 11 is 0.856. The molecule has 1 heterocycles. The predicted octanol–water partition coefficient (Wildman–Crippen LogP) is 4.76. The number of rotatable bonds is 6. The number of methoxy groups -OCH3 is 1. The van der Waals surface area contributed by atoms with E-state index in [1.807, 2.05) is 6.07 Å². The largest absolute Gasteiger partial charge is 0.496 e. The molecule has 4 aliphatic carbocycles. The van der Waals surface area contributed by atoms with Crippen LogP contribution in [0.1, 0.15) is 56.6 Å². The third-order valence-corrected chi connectivity index (χ3v) is 8.54. The van der Waals surface area contributed by atoms with Crippen LogP contribution in [-0.4, -0.2) is 42.3 Å². The van der Waals surface area contributed by atoms with Crippen molar-refractivity contribution in [3.05, 3.63) is 34.2 Å². The lowest BCUT2D eigenvalue weighted by Crippen LogP contribution is -2.48. The van der Waals surface area contributed by atoms with Crippen molar-refractivity contribution >= 4 is 35.0 Å². The standard InChI is InChI=1S/C25H29NO5S/c1-3-31-22(27)14-26-23(28)21(32-24(26)29)10-18-9-19(4-5-20(18)30-2)25-11-15-6-16(12-25)8-17(7-15)13-25/h4-5,9-10,15-17H,3,6-8,11-14H2,1-2H3/b21-10-. The Morgan fingerprint density at radius 2 is 1.81 bits per heavy atom. The van der Waals surface area contributed by atoms with Crippen LogP contribution in [0.5, 0.6) is 5.75 Å². The Balaban J connectivity index is 1.44. The highest BCUT2D eigenvalue weighted by Gasteiger charge is 2.51. The first kappa shape index (κ1) is 21.6. The van der Waals surface area contributed by atoms with Gasteiger partial charge in [-0.15, -0.1) is 0 Å². The van der Waals surface area contributed by atoms with Crippen LogP contribution in [0.2, 0.25) is 0 Å². The molecule has 6 rings (SSSR count). The fourth-order valence-electron chi connectivity index (χ4n) is 6.75. The summed E-state index contributed by atoms with van der Waals surface area (Å²) in [4.78, 5) is 38.2. The Morgan fingerprint density at radius 3 is 2.41 bits per heavy atom. The average Bonchev–Trinajstić information content (AvgIpc) is 3.00. The van der Waals surface area contributed by atoms with E-state index >= 15 is 0 Å². The Kier molecular flexibility index (Phi) is 5.56. The number of carbonyl (C=O) groups is 3. The van der Waals surface area contributed by atoms with Crippen molar-refractivity contribution in [3.8, 4) is 5.75 Å². The summed E-state index contributed by atoms with van der Waals surface area (Å²) in [6.07, 6.45) is 9.64. The first-order valence-corrected chi connectivity index (χ1v) is 12.3. The van der Waals surface area contributed by atoms with Gasteiger partial charge in [-0.25, -0.2) is 0 Å². The lowest BCUT2D eigenvalue weighted by molar-refractivity contribution is -0.145. The van der Waals surface area contributed by atoms with Gasteiger partial charge in [0, 0.05) is 5.56 Å². The zero-order valence-corrected chi connectivity index (χ0v) is 19.4. The van der Waals surface area contributed by atoms with Gasteiger partial charge >= 0.3 is 5.97 Å². The Morgan fingerprint density at radius 1 is 1.16 bits per heavy atom. The molecule has 0 aromatic heterocycles. The van der Waals surface area contributed by atoms with Gasteiger partial charge in [-0.2, -0.15) is 0 Å². The minimum absolute atomic E-state index is 0.208. The van der Waals surface area contributed by atoms with Gasteiger partial charge < -0.3 is 9.47 Å². The van der Waals surface area contributed by atoms with Gasteiger partial charge in [0.15, 0.2) is 0 Å². The molecule has 1 saturated heterocycles. The summed E-state index contributed by atoms with van der Waals surface area (Å²) < 4.78 is 10.5. The molecule has 0 spiro atoms. The van der Waals surface area contributed by atoms with Gasteiger partial charge in [0.25, 0.3) is 11.1 Å². The van der Waals surface area contributed by atoms with Crippen molar-refractivity contribution in [1.29, 1.82) is 0 Å². The smallest absolute Gasteiger partial charge is 0.326 e. The second-order valence-electron chi connectivity index (χ2n) is 9.73. The molecule has 1 aromatic rings. The lowest BCUT2D eigenvalue weighted by atomic mass is 9.48. The summed E-state index contributed by atoms with van der Waals surface area (Å²) in [5.41, 5.74) is 2.36. The van der Waals surface area contributed by atoms with E-state index in [0.717, 1.165) is 40.0 Å². The molecule has 4 bridgehead atoms. The molecule has 0 radical (unpaired) electrons. The monoisotopic (exact) mass is 455 g/mol. The van der Waals surface area contributed by atoms with E-state index < -0.39 is 17.1 Å². The predicted molar refractivity (Wildman–Crippen MR) is 122 cm³/mol. The minimum atomic E-state index is -0.586. The molecule has 2 amide bonds. The number of carbonyl (C=O) groups excluding carboxylic acids is 3. The topological polar surface area (TPSA) is 72.9 Å². The van der Waals surface area contributed by atoms with Crippen molar-refractivity contribution in [1.82, 2.24) is 4.90 Å². The fourth-order valence-corrected chi connectivity index (χ4v) is 7.58. The maximum absolute atomic E-state index is 12.8. The van der Waals surface area contributed by atoms with Crippen molar-refractivity contribution in [2.75, 3.05) is 20.3 Å². The lowest BCUT2D eigenvalue weighted by Gasteiger charge is -2.57. The molecular formula is C25H29NO5S. The SMILES string of the molecule is CCOC(=O)CN1C(=O)S/C(=C\c2cc(C34CC5CC(CC(C5)C3)C4)ccc2OC)C1=O. The number of hydrogen-bond donors (Lipinski definition) is 0. The molecule has 1 aromatic carbocycles. The average molecular weight is 456 g/mol. The van der Waals surface area contributed by atoms with E-state index in [4.69, 9.17) is 9.47 Å². The van der Waals surface area contributed by atoms with Gasteiger partial charge in [0.1, 0.15) is 12.3 Å². The normalized spacial score (nSPS) is 32.1. The molecule has 6 nitrogen and oxygen atoms in total. The highest BCUT2D eigenvalue weighted by atomic mass is 32.2. The van der Waals surface area contributed by atoms with Gasteiger partial charge in [0.05, 0.1) is 18.6 Å². The third-order valence-electron chi connectivity index (χ3n) is 7.63. The van der Waals surface area contributed by atoms with Crippen LogP contribution in [0.4, 0.5) is 4.79 Å². The van der Waals surface area contributed by atoms with E-state index in [1.165, 1.54) is 44.1 Å². The maximum Gasteiger partial charge on any atom is 0.326 e. The summed E-state index contributed by atoms with van der Waals surface area (Å²) in [5.74, 6) is 2.15. The molecule has 4 saturated carbocycles. The highest BCUT2D eigenvalue weighted by molar-refractivity contribution is 8.18. The van der Waals surface area contributed by atoms with Crippen LogP contribution >= 0.6 is 11.8 Å². The van der Waals surface area contributed by atoms with Crippen LogP contribution in [0.3, 0.4) is 0 Å². The Bertz CT molecular complexity index is 965. The summed E-state index contributed by atoms with van der Waals surface area (Å²) in [7, 11) is 1.61. The number of imide groups is 1. The minimum Gasteiger partial charge on any atom is -0.496 e. The van der Waals surface area contributed by atoms with Gasteiger partial charge in [-0.05, 0) is 104 Å². The summed E-state index contributed by atoms with van der Waals surface area (Å²) in [6, 6.07) is 6.34. The molecule has 170 valence electrons. The van der Waals surface area contributed by atoms with Crippen LogP contribution < -0.4 is 4.74 Å². The fraction of sp³-hybridized carbons (Fsp3) is 0.560. The molecule has 5 fully saturated rings. The number of ether oxygens (including phenoxy) is 2. The van der Waals surface area contributed by atoms with Crippen LogP contribution in [0.25, 0.3) is 6.08 Å². The third kappa shape index (κ3) is 3.74. The van der Waals surface area contributed by atoms with Crippen molar-refractivity contribution in [2.24, 2.45) is 17.8 Å². The second-order valence-corrected chi connectivity index (χ2v) is 10.7. The van der Waals surface area contributed by atoms with E-state index in [9.17, 15) is 14.4 Å². The van der Waals surface area contributed by atoms with E-state index in [0.29, 0.717) is 10.7 Å². The number of hydrogen-bond acceptors (Lipinski definition) is 6. The number of nitrogens with zero attached hydrogens (tertiary/aromatic N) is 1. The van der Waals surface area contributed by atoms with Gasteiger partial charge in [-0.1, -0.05) is 6.07 Å². The second kappa shape index (κ2) is 8.25. The molecule has 0 atom stereocenters. The molecule has 0 N–H and O–H groups in total. The molecule has 0 unspecified atom stereocenters. The molecule has 32 heavy (non-hydrogen) atoms. The molecular weight excluding hydrogens is 426 g/mol. The molecule has 1 aliphatic heterocycles. The Labute approximate surface area is 192 Å². The van der Waals surface area contributed by atoms with Crippen LogP contribution in [0.15, 0.2) is 23.1 Å². The maximum atomic E-state index is 12.8. The summed E-state index contributed by atoms with van der Waals surface area (Å²) in [6.45, 7) is 1.54. The van der Waals surface area contributed by atoms with E-state index in [2.05, 4.69) is 12.1 Å². The van der Waals surface area contributed by atoms with Gasteiger partial charge in [0.2, 0.25) is 0 Å². The zero-order chi connectivity index (χ0) is 22.5. The molecule has 7 heteroatoms. The number of thioether (sulfide) groups is 1. The number of esters is 1. The quantitative estimate of drug-likeness (QED) is 0.455. The number of benzene rings is 1. The number of amides is 2. The van der Waals surface area contributed by atoms with E-state index in [-0.39, 0.29) is 18.6 Å². The van der Waals surface area contributed by atoms with Crippen molar-refractivity contribution in [2.45, 2.75) is 50.9 Å². The van der Waals surface area contributed by atoms with E-state index in [1.54, 1.807) is 20.1 Å². The van der Waals surface area contributed by atoms with Gasteiger partial charge in [-0.3, -0.25) is 19.3 Å². The highest BCUT2D eigenvalue weighted by Crippen LogP contribution is 2.61. The zero-order valence-electron chi connectivity index (χ0n) is 18.6. The first-order chi connectivity index (χ1) is 15.4. The first-order valence-electron chi connectivity index (χ1n) is 11.5. The Hall–Kier alpha value is -2.28. The van der Waals surface area contributed by atoms with Crippen molar-refractivity contribution in [3.63, 3.8) is 0 Å². The summed E-state index contributed by atoms with van der Waals surface area (Å²) in [5, 5.41) is -0.453. The van der Waals surface area contributed by atoms with Crippen molar-refractivity contribution < 1.29 is 23.9 Å². The molecule has 5 aliphatic rings. The van der Waals surface area contributed by atoms with Crippen LogP contribution in [0, 0.1) is 17.8 Å². The van der Waals surface area contributed by atoms with Crippen LogP contribution in [-0.2, 0) is 19.7 Å².